The zero-order valence-electron chi connectivity index (χ0n) is 8.60. The van der Waals surface area contributed by atoms with Crippen LogP contribution in [0.4, 0.5) is 0 Å². The monoisotopic (exact) mass is 265 g/mol. The Hall–Kier alpha value is -0.730. The van der Waals surface area contributed by atoms with Gasteiger partial charge in [0.2, 0.25) is 0 Å². The first kappa shape index (κ1) is 11.7. The standard InChI is InChI=1S/C12H11NS3/c13-6-1-3-10-5-8-14-11(10)9-16-12-4-2-7-15-12/h2,4-5,7-8H,6,9,13H2. The molecule has 4 heteroatoms. The molecule has 0 radical (unpaired) electrons. The lowest BCUT2D eigenvalue weighted by molar-refractivity contribution is 1.30. The summed E-state index contributed by atoms with van der Waals surface area (Å²) in [6, 6.07) is 6.29. The summed E-state index contributed by atoms with van der Waals surface area (Å²) in [6.07, 6.45) is 0. The van der Waals surface area contributed by atoms with E-state index in [0.29, 0.717) is 6.54 Å². The van der Waals surface area contributed by atoms with Crippen molar-refractivity contribution < 1.29 is 0 Å². The normalized spacial score (nSPS) is 9.81. The highest BCUT2D eigenvalue weighted by Crippen LogP contribution is 2.30. The van der Waals surface area contributed by atoms with Crippen molar-refractivity contribution in [2.45, 2.75) is 9.96 Å². The van der Waals surface area contributed by atoms with Crippen LogP contribution in [0.1, 0.15) is 10.4 Å². The van der Waals surface area contributed by atoms with Gasteiger partial charge in [0.25, 0.3) is 0 Å². The molecule has 0 aliphatic heterocycles. The maximum atomic E-state index is 5.37. The van der Waals surface area contributed by atoms with Crippen LogP contribution in [0, 0.1) is 11.8 Å². The minimum absolute atomic E-state index is 0.424. The molecule has 0 aliphatic carbocycles. The van der Waals surface area contributed by atoms with Gasteiger partial charge in [0.05, 0.1) is 10.8 Å². The van der Waals surface area contributed by atoms with Crippen molar-refractivity contribution in [2.75, 3.05) is 6.54 Å². The molecular formula is C12H11NS3. The van der Waals surface area contributed by atoms with E-state index < -0.39 is 0 Å². The van der Waals surface area contributed by atoms with Crippen LogP contribution in [-0.2, 0) is 5.75 Å². The molecule has 1 nitrogen and oxygen atoms in total. The average Bonchev–Trinajstić information content (AvgIpc) is 2.94. The van der Waals surface area contributed by atoms with E-state index in [0.717, 1.165) is 11.3 Å². The first-order chi connectivity index (χ1) is 7.90. The predicted octanol–water partition coefficient (Wildman–Crippen LogP) is 3.41. The van der Waals surface area contributed by atoms with Crippen LogP contribution in [-0.4, -0.2) is 6.54 Å². The Morgan fingerprint density at radius 2 is 2.19 bits per heavy atom. The maximum absolute atomic E-state index is 5.37. The van der Waals surface area contributed by atoms with Gasteiger partial charge in [-0.25, -0.2) is 0 Å². The van der Waals surface area contributed by atoms with E-state index >= 15 is 0 Å². The van der Waals surface area contributed by atoms with Gasteiger partial charge in [0, 0.05) is 16.2 Å². The third-order valence-electron chi connectivity index (χ3n) is 1.91. The molecule has 0 aromatic carbocycles. The molecule has 2 aromatic heterocycles. The van der Waals surface area contributed by atoms with E-state index in [2.05, 4.69) is 40.8 Å². The van der Waals surface area contributed by atoms with Crippen LogP contribution in [0.25, 0.3) is 0 Å². The summed E-state index contributed by atoms with van der Waals surface area (Å²) in [7, 11) is 0. The first-order valence-corrected chi connectivity index (χ1v) is 7.56. The zero-order valence-corrected chi connectivity index (χ0v) is 11.1. The molecule has 0 aliphatic rings. The van der Waals surface area contributed by atoms with Gasteiger partial charge in [-0.3, -0.25) is 0 Å². The minimum atomic E-state index is 0.424. The molecule has 2 N–H and O–H groups in total. The van der Waals surface area contributed by atoms with Crippen LogP contribution >= 0.6 is 34.4 Å². The zero-order chi connectivity index (χ0) is 11.2. The molecule has 0 amide bonds. The maximum Gasteiger partial charge on any atom is 0.0602 e. The van der Waals surface area contributed by atoms with E-state index in [9.17, 15) is 0 Å². The van der Waals surface area contributed by atoms with E-state index in [-0.39, 0.29) is 0 Å². The van der Waals surface area contributed by atoms with Crippen molar-refractivity contribution in [1.82, 2.24) is 0 Å². The summed E-state index contributed by atoms with van der Waals surface area (Å²) in [5.41, 5.74) is 6.50. The summed E-state index contributed by atoms with van der Waals surface area (Å²) in [5, 5.41) is 4.19. The second-order valence-corrected chi connectivity index (χ2v) is 6.21. The predicted molar refractivity (Wildman–Crippen MR) is 74.1 cm³/mol. The second-order valence-electron chi connectivity index (χ2n) is 2.98. The minimum Gasteiger partial charge on any atom is -0.320 e. The number of hydrogen-bond acceptors (Lipinski definition) is 4. The van der Waals surface area contributed by atoms with E-state index in [1.54, 1.807) is 22.7 Å². The van der Waals surface area contributed by atoms with E-state index in [1.807, 2.05) is 11.8 Å². The van der Waals surface area contributed by atoms with Crippen LogP contribution in [0.3, 0.4) is 0 Å². The molecule has 0 atom stereocenters. The molecular weight excluding hydrogens is 254 g/mol. The topological polar surface area (TPSA) is 26.0 Å². The Morgan fingerprint density at radius 3 is 2.94 bits per heavy atom. The molecule has 2 heterocycles. The molecule has 82 valence electrons. The fourth-order valence-electron chi connectivity index (χ4n) is 1.19. The molecule has 0 saturated heterocycles. The van der Waals surface area contributed by atoms with Gasteiger partial charge in [-0.2, -0.15) is 0 Å². The molecule has 0 bridgehead atoms. The Bertz CT molecular complexity index is 488. The fourth-order valence-corrected chi connectivity index (χ4v) is 3.92. The van der Waals surface area contributed by atoms with Gasteiger partial charge < -0.3 is 5.73 Å². The van der Waals surface area contributed by atoms with Crippen molar-refractivity contribution in [3.05, 3.63) is 39.4 Å². The smallest absolute Gasteiger partial charge is 0.0602 e. The van der Waals surface area contributed by atoms with Crippen molar-refractivity contribution in [2.24, 2.45) is 5.73 Å². The highest BCUT2D eigenvalue weighted by molar-refractivity contribution is 8.00. The second kappa shape index (κ2) is 6.12. The molecule has 0 spiro atoms. The van der Waals surface area contributed by atoms with Crippen LogP contribution in [0.15, 0.2) is 33.2 Å². The van der Waals surface area contributed by atoms with Crippen LogP contribution in [0.2, 0.25) is 0 Å². The quantitative estimate of drug-likeness (QED) is 0.680. The molecule has 0 unspecified atom stereocenters. The average molecular weight is 265 g/mol. The first-order valence-electron chi connectivity index (χ1n) is 4.82. The summed E-state index contributed by atoms with van der Waals surface area (Å²) in [5.74, 6) is 7.00. The fraction of sp³-hybridized carbons (Fsp3) is 0.167. The highest BCUT2D eigenvalue weighted by Gasteiger charge is 2.03. The van der Waals surface area contributed by atoms with Gasteiger partial charge in [0.1, 0.15) is 0 Å². The largest absolute Gasteiger partial charge is 0.320 e. The highest BCUT2D eigenvalue weighted by atomic mass is 32.2. The van der Waals surface area contributed by atoms with E-state index in [4.69, 9.17) is 5.73 Å². The van der Waals surface area contributed by atoms with Crippen molar-refractivity contribution in [1.29, 1.82) is 0 Å². The van der Waals surface area contributed by atoms with Crippen molar-refractivity contribution >= 4 is 34.4 Å². The summed E-state index contributed by atoms with van der Waals surface area (Å²) >= 11 is 5.40. The third kappa shape index (κ3) is 3.13. The summed E-state index contributed by atoms with van der Waals surface area (Å²) in [6.45, 7) is 0.424. The Labute approximate surface area is 108 Å². The number of hydrogen-bond donors (Lipinski definition) is 1. The van der Waals surface area contributed by atoms with E-state index in [1.165, 1.54) is 9.09 Å². The van der Waals surface area contributed by atoms with Crippen LogP contribution in [0.5, 0.6) is 0 Å². The molecule has 16 heavy (non-hydrogen) atoms. The summed E-state index contributed by atoms with van der Waals surface area (Å²) in [4.78, 5) is 1.33. The molecule has 0 saturated carbocycles. The van der Waals surface area contributed by atoms with Crippen LogP contribution < -0.4 is 5.73 Å². The van der Waals surface area contributed by atoms with Gasteiger partial charge in [-0.1, -0.05) is 17.9 Å². The SMILES string of the molecule is NCC#Cc1ccsc1CSc1cccs1. The third-order valence-corrected chi connectivity index (χ3v) is 5.17. The lowest BCUT2D eigenvalue weighted by Crippen LogP contribution is -1.93. The van der Waals surface area contributed by atoms with Gasteiger partial charge >= 0.3 is 0 Å². The number of thiophene rings is 2. The van der Waals surface area contributed by atoms with Gasteiger partial charge in [-0.05, 0) is 22.9 Å². The lowest BCUT2D eigenvalue weighted by atomic mass is 10.3. The summed E-state index contributed by atoms with van der Waals surface area (Å²) < 4.78 is 1.35. The number of nitrogens with two attached hydrogens (primary N) is 1. The Balaban J connectivity index is 2.01. The lowest BCUT2D eigenvalue weighted by Gasteiger charge is -1.96. The Morgan fingerprint density at radius 1 is 1.25 bits per heavy atom. The van der Waals surface area contributed by atoms with Crippen molar-refractivity contribution in [3.63, 3.8) is 0 Å². The number of thioether (sulfide) groups is 1. The Kier molecular flexibility index (Phi) is 4.49. The molecule has 0 fully saturated rings. The molecule has 2 aromatic rings. The van der Waals surface area contributed by atoms with Crippen molar-refractivity contribution in [3.8, 4) is 11.8 Å². The van der Waals surface area contributed by atoms with Gasteiger partial charge in [0.15, 0.2) is 0 Å². The van der Waals surface area contributed by atoms with Gasteiger partial charge in [-0.15, -0.1) is 34.4 Å². The number of rotatable bonds is 3. The molecule has 2 rings (SSSR count).